The van der Waals surface area contributed by atoms with Crippen molar-refractivity contribution in [2.75, 3.05) is 11.4 Å². The van der Waals surface area contributed by atoms with Gasteiger partial charge in [0.25, 0.3) is 5.91 Å². The number of thioether (sulfide) groups is 1. The first-order valence-corrected chi connectivity index (χ1v) is 16.0. The fourth-order valence-corrected chi connectivity index (χ4v) is 8.06. The van der Waals surface area contributed by atoms with Crippen LogP contribution in [0.1, 0.15) is 53.0 Å². The van der Waals surface area contributed by atoms with Gasteiger partial charge in [0.2, 0.25) is 0 Å². The maximum absolute atomic E-state index is 13.1. The largest absolute Gasteiger partial charge is 0.480 e. The Morgan fingerprint density at radius 1 is 0.909 bits per heavy atom. The van der Waals surface area contributed by atoms with E-state index in [1.54, 1.807) is 0 Å². The molecule has 0 spiro atoms. The molecular weight excluding hydrogens is 585 g/mol. The third-order valence-electron chi connectivity index (χ3n) is 8.64. The summed E-state index contributed by atoms with van der Waals surface area (Å²) in [5.41, 5.74) is 9.23. The van der Waals surface area contributed by atoms with Crippen molar-refractivity contribution in [3.8, 4) is 0 Å². The van der Waals surface area contributed by atoms with Gasteiger partial charge in [0.05, 0.1) is 4.91 Å². The highest BCUT2D eigenvalue weighted by Gasteiger charge is 2.43. The van der Waals surface area contributed by atoms with Crippen molar-refractivity contribution in [1.29, 1.82) is 0 Å². The molecule has 7 rings (SSSR count). The quantitative estimate of drug-likeness (QED) is 0.128. The molecule has 0 bridgehead atoms. The van der Waals surface area contributed by atoms with Crippen molar-refractivity contribution in [2.24, 2.45) is 0 Å². The van der Waals surface area contributed by atoms with Crippen LogP contribution in [0.15, 0.2) is 108 Å². The number of anilines is 2. The van der Waals surface area contributed by atoms with Gasteiger partial charge in [0, 0.05) is 23.3 Å². The molecule has 44 heavy (non-hydrogen) atoms. The van der Waals surface area contributed by atoms with Crippen LogP contribution >= 0.6 is 24.0 Å². The number of nitrogens with zero attached hydrogens (tertiary/aromatic N) is 2. The molecule has 4 aromatic carbocycles. The summed E-state index contributed by atoms with van der Waals surface area (Å²) in [4.78, 5) is 28.5. The number of rotatable bonds is 7. The number of thiocarbonyl (C=S) groups is 1. The lowest BCUT2D eigenvalue weighted by Crippen LogP contribution is -2.33. The fraction of sp³-hybridized carbons (Fsp3) is 0.162. The zero-order chi connectivity index (χ0) is 30.2. The summed E-state index contributed by atoms with van der Waals surface area (Å²) >= 11 is 6.52. The van der Waals surface area contributed by atoms with Crippen LogP contribution in [0, 0.1) is 0 Å². The molecule has 0 aromatic heterocycles. The first kappa shape index (κ1) is 28.3. The van der Waals surface area contributed by atoms with Crippen LogP contribution in [0.2, 0.25) is 0 Å². The predicted octanol–water partition coefficient (Wildman–Crippen LogP) is 8.35. The van der Waals surface area contributed by atoms with Gasteiger partial charge < -0.3 is 10.0 Å². The van der Waals surface area contributed by atoms with Gasteiger partial charge in [-0.2, -0.15) is 0 Å². The molecule has 1 aliphatic carbocycles. The van der Waals surface area contributed by atoms with Crippen LogP contribution in [0.5, 0.6) is 0 Å². The average molecular weight is 615 g/mol. The zero-order valence-corrected chi connectivity index (χ0v) is 25.6. The number of carboxylic acid groups (broad SMARTS) is 1. The summed E-state index contributed by atoms with van der Waals surface area (Å²) in [6.07, 6.45) is 7.51. The Balaban J connectivity index is 1.28. The SMILES string of the molecule is O=C(O)CN1C(=O)/C(=C/c2cccc3c2C2CCCC2N3c2cccc(C=C(c3ccccc3)c3ccccc3)c2)SC1=S. The Morgan fingerprint density at radius 3 is 2.32 bits per heavy atom. The molecule has 1 saturated heterocycles. The van der Waals surface area contributed by atoms with Gasteiger partial charge in [0.15, 0.2) is 0 Å². The number of hydrogen-bond donors (Lipinski definition) is 1. The van der Waals surface area contributed by atoms with Crippen molar-refractivity contribution in [1.82, 2.24) is 4.90 Å². The minimum Gasteiger partial charge on any atom is -0.480 e. The third-order valence-corrected chi connectivity index (χ3v) is 10.0. The number of aliphatic carboxylic acids is 1. The molecule has 218 valence electrons. The summed E-state index contributed by atoms with van der Waals surface area (Å²) in [5, 5.41) is 9.24. The molecule has 2 aliphatic heterocycles. The predicted molar refractivity (Wildman–Crippen MR) is 183 cm³/mol. The van der Waals surface area contributed by atoms with Crippen LogP contribution in [0.4, 0.5) is 11.4 Å². The zero-order valence-electron chi connectivity index (χ0n) is 23.9. The third kappa shape index (κ3) is 5.27. The Bertz CT molecular complexity index is 1790. The molecule has 1 saturated carbocycles. The summed E-state index contributed by atoms with van der Waals surface area (Å²) < 4.78 is 0.284. The first-order chi connectivity index (χ1) is 21.5. The van der Waals surface area contributed by atoms with E-state index in [0.717, 1.165) is 36.1 Å². The van der Waals surface area contributed by atoms with Crippen LogP contribution in [0.3, 0.4) is 0 Å². The van der Waals surface area contributed by atoms with Crippen LogP contribution < -0.4 is 4.90 Å². The van der Waals surface area contributed by atoms with Gasteiger partial charge in [-0.15, -0.1) is 0 Å². The van der Waals surface area contributed by atoms with Crippen molar-refractivity contribution in [3.63, 3.8) is 0 Å². The van der Waals surface area contributed by atoms with Gasteiger partial charge in [-0.1, -0.05) is 115 Å². The Hall–Kier alpha value is -4.46. The highest BCUT2D eigenvalue weighted by molar-refractivity contribution is 8.26. The van der Waals surface area contributed by atoms with E-state index >= 15 is 0 Å². The minimum absolute atomic E-state index is 0.284. The normalized spacial score (nSPS) is 19.8. The lowest BCUT2D eigenvalue weighted by Gasteiger charge is -2.27. The lowest BCUT2D eigenvalue weighted by atomic mass is 9.92. The van der Waals surface area contributed by atoms with E-state index in [1.807, 2.05) is 24.3 Å². The van der Waals surface area contributed by atoms with Crippen LogP contribution in [-0.4, -0.2) is 38.8 Å². The van der Waals surface area contributed by atoms with Crippen molar-refractivity contribution < 1.29 is 14.7 Å². The topological polar surface area (TPSA) is 60.9 Å². The van der Waals surface area contributed by atoms with E-state index in [-0.39, 0.29) is 10.2 Å². The summed E-state index contributed by atoms with van der Waals surface area (Å²) in [6, 6.07) is 36.4. The first-order valence-electron chi connectivity index (χ1n) is 14.8. The van der Waals surface area contributed by atoms with E-state index in [2.05, 4.69) is 95.9 Å². The lowest BCUT2D eigenvalue weighted by molar-refractivity contribution is -0.140. The Labute approximate surface area is 266 Å². The molecule has 0 radical (unpaired) electrons. The molecule has 3 aliphatic rings. The van der Waals surface area contributed by atoms with E-state index < -0.39 is 12.5 Å². The van der Waals surface area contributed by atoms with Crippen molar-refractivity contribution in [2.45, 2.75) is 31.2 Å². The number of carbonyl (C=O) groups is 2. The minimum atomic E-state index is -1.08. The Morgan fingerprint density at radius 2 is 1.61 bits per heavy atom. The molecule has 4 aromatic rings. The average Bonchev–Trinajstić information content (AvgIpc) is 3.70. The maximum Gasteiger partial charge on any atom is 0.323 e. The number of amides is 1. The monoisotopic (exact) mass is 614 g/mol. The molecule has 2 fully saturated rings. The van der Waals surface area contributed by atoms with E-state index in [4.69, 9.17) is 12.2 Å². The summed E-state index contributed by atoms with van der Waals surface area (Å²) in [6.45, 7) is -0.422. The standard InChI is InChI=1S/C37H30N2O3S2/c40-34(41)23-38-36(42)33(44-37(38)43)22-27-15-8-19-32-35(27)29-17-9-18-31(29)39(32)28-16-7-10-24(20-28)21-30(25-11-3-1-4-12-25)26-13-5-2-6-14-26/h1-8,10-16,19-22,29,31H,9,17-18,23H2,(H,40,41)/b33-22-. The molecule has 1 N–H and O–H groups in total. The summed E-state index contributed by atoms with van der Waals surface area (Å²) in [7, 11) is 0. The van der Waals surface area contributed by atoms with Crippen molar-refractivity contribution >= 4 is 69.3 Å². The molecule has 7 heteroatoms. The van der Waals surface area contributed by atoms with E-state index in [1.165, 1.54) is 44.6 Å². The molecular formula is C37H30N2O3S2. The van der Waals surface area contributed by atoms with Gasteiger partial charge in [-0.3, -0.25) is 14.5 Å². The number of carboxylic acids is 1. The molecule has 2 unspecified atom stereocenters. The van der Waals surface area contributed by atoms with Crippen molar-refractivity contribution in [3.05, 3.63) is 136 Å². The second kappa shape index (κ2) is 11.9. The molecule has 2 heterocycles. The van der Waals surface area contributed by atoms with E-state index in [9.17, 15) is 14.7 Å². The number of fused-ring (bicyclic) bond motifs is 3. The van der Waals surface area contributed by atoms with Gasteiger partial charge in [0.1, 0.15) is 10.9 Å². The smallest absolute Gasteiger partial charge is 0.323 e. The highest BCUT2D eigenvalue weighted by Crippen LogP contribution is 2.54. The second-order valence-corrected chi connectivity index (χ2v) is 13.0. The highest BCUT2D eigenvalue weighted by atomic mass is 32.2. The van der Waals surface area contributed by atoms with Gasteiger partial charge >= 0.3 is 5.97 Å². The van der Waals surface area contributed by atoms with E-state index in [0.29, 0.717) is 16.9 Å². The second-order valence-electron chi connectivity index (χ2n) is 11.3. The van der Waals surface area contributed by atoms with Crippen LogP contribution in [-0.2, 0) is 9.59 Å². The molecule has 5 nitrogen and oxygen atoms in total. The Kier molecular flexibility index (Phi) is 7.66. The molecule has 1 amide bonds. The number of carbonyl (C=O) groups excluding carboxylic acids is 1. The fourth-order valence-electron chi connectivity index (χ4n) is 6.82. The van der Waals surface area contributed by atoms with Gasteiger partial charge in [-0.25, -0.2) is 0 Å². The number of benzene rings is 4. The summed E-state index contributed by atoms with van der Waals surface area (Å²) in [5.74, 6) is -1.07. The van der Waals surface area contributed by atoms with Crippen LogP contribution in [0.25, 0.3) is 17.7 Å². The van der Waals surface area contributed by atoms with Gasteiger partial charge in [-0.05, 0) is 76.6 Å². The molecule has 2 atom stereocenters. The maximum atomic E-state index is 13.1. The number of hydrogen-bond acceptors (Lipinski definition) is 5.